The maximum absolute atomic E-state index is 11.9. The van der Waals surface area contributed by atoms with Crippen molar-refractivity contribution in [3.8, 4) is 0 Å². The summed E-state index contributed by atoms with van der Waals surface area (Å²) in [5, 5.41) is 5.09. The molecule has 0 radical (unpaired) electrons. The third kappa shape index (κ3) is 4.87. The third-order valence-electron chi connectivity index (χ3n) is 3.13. The number of rotatable bonds is 6. The average molecular weight is 334 g/mol. The van der Waals surface area contributed by atoms with Crippen LogP contribution >= 0.6 is 11.8 Å². The minimum atomic E-state index is -0.729. The number of anilines is 1. The summed E-state index contributed by atoms with van der Waals surface area (Å²) in [6, 6.07) is 10.7. The number of carbonyl (C=O) groups excluding carboxylic acids is 2. The third-order valence-corrected chi connectivity index (χ3v) is 3.85. The van der Waals surface area contributed by atoms with Gasteiger partial charge in [0.2, 0.25) is 0 Å². The van der Waals surface area contributed by atoms with Gasteiger partial charge in [-0.25, -0.2) is 0 Å². The van der Waals surface area contributed by atoms with Crippen molar-refractivity contribution in [3.05, 3.63) is 48.4 Å². The number of hydrogen-bond acceptors (Lipinski definition) is 5. The summed E-state index contributed by atoms with van der Waals surface area (Å²) in [6.07, 6.45) is 3.02. The molecular formula is C16H18N2O4S. The van der Waals surface area contributed by atoms with Crippen LogP contribution in [0, 0.1) is 0 Å². The van der Waals surface area contributed by atoms with Crippen LogP contribution in [0.1, 0.15) is 11.9 Å². The molecule has 1 aromatic heterocycles. The molecule has 0 fully saturated rings. The van der Waals surface area contributed by atoms with Gasteiger partial charge in [-0.2, -0.15) is 0 Å². The Morgan fingerprint density at radius 2 is 2.09 bits per heavy atom. The first kappa shape index (κ1) is 17.1. The van der Waals surface area contributed by atoms with E-state index in [9.17, 15) is 9.59 Å². The molecule has 122 valence electrons. The van der Waals surface area contributed by atoms with Gasteiger partial charge in [0.25, 0.3) is 0 Å². The molecule has 0 unspecified atom stereocenters. The summed E-state index contributed by atoms with van der Waals surface area (Å²) in [6.45, 7) is 0.140. The molecule has 2 amide bonds. The second-order valence-corrected chi connectivity index (χ2v) is 5.52. The molecule has 0 aliphatic heterocycles. The number of carbonyl (C=O) groups is 2. The van der Waals surface area contributed by atoms with Gasteiger partial charge in [0, 0.05) is 17.7 Å². The number of ether oxygens (including phenoxy) is 1. The fraction of sp³-hybridized carbons (Fsp3) is 0.250. The van der Waals surface area contributed by atoms with E-state index >= 15 is 0 Å². The highest BCUT2D eigenvalue weighted by Crippen LogP contribution is 2.19. The van der Waals surface area contributed by atoms with Gasteiger partial charge in [0.05, 0.1) is 12.8 Å². The quantitative estimate of drug-likeness (QED) is 0.626. The highest BCUT2D eigenvalue weighted by molar-refractivity contribution is 7.98. The van der Waals surface area contributed by atoms with Crippen LogP contribution in [-0.2, 0) is 14.3 Å². The molecule has 6 nitrogen and oxygen atoms in total. The highest BCUT2D eigenvalue weighted by atomic mass is 32.2. The summed E-state index contributed by atoms with van der Waals surface area (Å²) in [5.41, 5.74) is 0.575. The Morgan fingerprint density at radius 3 is 2.74 bits per heavy atom. The fourth-order valence-corrected chi connectivity index (χ4v) is 2.39. The van der Waals surface area contributed by atoms with Crippen molar-refractivity contribution in [1.82, 2.24) is 5.32 Å². The predicted molar refractivity (Wildman–Crippen MR) is 88.3 cm³/mol. The van der Waals surface area contributed by atoms with E-state index in [1.807, 2.05) is 18.4 Å². The lowest BCUT2D eigenvalue weighted by Crippen LogP contribution is -2.37. The zero-order valence-electron chi connectivity index (χ0n) is 12.9. The van der Waals surface area contributed by atoms with Gasteiger partial charge in [0.1, 0.15) is 11.9 Å². The zero-order valence-corrected chi connectivity index (χ0v) is 13.7. The summed E-state index contributed by atoms with van der Waals surface area (Å²) in [4.78, 5) is 24.8. The number of benzene rings is 1. The van der Waals surface area contributed by atoms with Crippen LogP contribution in [0.3, 0.4) is 0 Å². The average Bonchev–Trinajstić information content (AvgIpc) is 3.09. The van der Waals surface area contributed by atoms with Gasteiger partial charge >= 0.3 is 11.8 Å². The highest BCUT2D eigenvalue weighted by Gasteiger charge is 2.18. The number of hydrogen-bond donors (Lipinski definition) is 2. The van der Waals surface area contributed by atoms with Crippen molar-refractivity contribution >= 4 is 29.3 Å². The lowest BCUT2D eigenvalue weighted by molar-refractivity contribution is -0.136. The van der Waals surface area contributed by atoms with E-state index < -0.39 is 17.9 Å². The summed E-state index contributed by atoms with van der Waals surface area (Å²) < 4.78 is 10.5. The standard InChI is InChI=1S/C16H18N2O4S/c1-21-14(13-7-4-8-22-13)10-17-15(19)16(20)18-11-5-3-6-12(9-11)23-2/h3-9,14H,10H2,1-2H3,(H,17,19)(H,18,20)/t14-/m0/s1. The van der Waals surface area contributed by atoms with E-state index in [-0.39, 0.29) is 6.54 Å². The Hall–Kier alpha value is -2.25. The summed E-state index contributed by atoms with van der Waals surface area (Å²) >= 11 is 1.56. The molecular weight excluding hydrogens is 316 g/mol. The van der Waals surface area contributed by atoms with E-state index in [0.29, 0.717) is 11.4 Å². The molecule has 0 aliphatic carbocycles. The second kappa shape index (κ2) is 8.40. The smallest absolute Gasteiger partial charge is 0.313 e. The van der Waals surface area contributed by atoms with Crippen molar-refractivity contribution in [1.29, 1.82) is 0 Å². The summed E-state index contributed by atoms with van der Waals surface area (Å²) in [5.74, 6) is -0.869. The van der Waals surface area contributed by atoms with Crippen molar-refractivity contribution in [2.45, 2.75) is 11.0 Å². The minimum Gasteiger partial charge on any atom is -0.467 e. The number of methoxy groups -OCH3 is 1. The first-order valence-corrected chi connectivity index (χ1v) is 8.16. The van der Waals surface area contributed by atoms with Crippen LogP contribution in [0.2, 0.25) is 0 Å². The maximum Gasteiger partial charge on any atom is 0.313 e. The van der Waals surface area contributed by atoms with E-state index in [1.165, 1.54) is 13.4 Å². The molecule has 2 rings (SSSR count). The van der Waals surface area contributed by atoms with E-state index in [0.717, 1.165) is 4.90 Å². The largest absolute Gasteiger partial charge is 0.467 e. The van der Waals surface area contributed by atoms with E-state index in [4.69, 9.17) is 9.15 Å². The fourth-order valence-electron chi connectivity index (χ4n) is 1.93. The summed E-state index contributed by atoms with van der Waals surface area (Å²) in [7, 11) is 1.51. The van der Waals surface area contributed by atoms with Gasteiger partial charge in [-0.3, -0.25) is 9.59 Å². The zero-order chi connectivity index (χ0) is 16.7. The van der Waals surface area contributed by atoms with Crippen LogP contribution in [0.5, 0.6) is 0 Å². The topological polar surface area (TPSA) is 80.6 Å². The number of amides is 2. The molecule has 0 saturated heterocycles. The van der Waals surface area contributed by atoms with Crippen molar-refractivity contribution in [3.63, 3.8) is 0 Å². The van der Waals surface area contributed by atoms with Crippen LogP contribution in [0.15, 0.2) is 52.0 Å². The van der Waals surface area contributed by atoms with Crippen LogP contribution < -0.4 is 10.6 Å². The van der Waals surface area contributed by atoms with Crippen LogP contribution in [0.25, 0.3) is 0 Å². The normalized spacial score (nSPS) is 11.7. The Kier molecular flexibility index (Phi) is 6.25. The predicted octanol–water partition coefficient (Wildman–Crippen LogP) is 2.44. The monoisotopic (exact) mass is 334 g/mol. The van der Waals surface area contributed by atoms with E-state index in [2.05, 4.69) is 10.6 Å². The number of furan rings is 1. The van der Waals surface area contributed by atoms with Gasteiger partial charge in [0.15, 0.2) is 0 Å². The Bertz CT molecular complexity index is 658. The number of nitrogens with one attached hydrogen (secondary N) is 2. The molecule has 2 N–H and O–H groups in total. The molecule has 1 atom stereocenters. The minimum absolute atomic E-state index is 0.140. The van der Waals surface area contributed by atoms with Gasteiger partial charge < -0.3 is 19.8 Å². The first-order chi connectivity index (χ1) is 11.1. The Balaban J connectivity index is 1.88. The van der Waals surface area contributed by atoms with Crippen molar-refractivity contribution in [2.24, 2.45) is 0 Å². The Labute approximate surface area is 138 Å². The molecule has 7 heteroatoms. The van der Waals surface area contributed by atoms with Crippen LogP contribution in [-0.4, -0.2) is 31.7 Å². The van der Waals surface area contributed by atoms with Crippen molar-refractivity contribution in [2.75, 3.05) is 25.2 Å². The first-order valence-electron chi connectivity index (χ1n) is 6.93. The molecule has 0 bridgehead atoms. The second-order valence-electron chi connectivity index (χ2n) is 4.64. The lowest BCUT2D eigenvalue weighted by atomic mass is 10.2. The SMILES string of the molecule is CO[C@@H](CNC(=O)C(=O)Nc1cccc(SC)c1)c1ccco1. The van der Waals surface area contributed by atoms with Gasteiger partial charge in [-0.15, -0.1) is 11.8 Å². The lowest BCUT2D eigenvalue weighted by Gasteiger charge is -2.13. The molecule has 1 heterocycles. The van der Waals surface area contributed by atoms with E-state index in [1.54, 1.807) is 36.0 Å². The molecule has 23 heavy (non-hydrogen) atoms. The number of thioether (sulfide) groups is 1. The maximum atomic E-state index is 11.9. The molecule has 0 spiro atoms. The van der Waals surface area contributed by atoms with Crippen molar-refractivity contribution < 1.29 is 18.7 Å². The molecule has 2 aromatic rings. The Morgan fingerprint density at radius 1 is 1.26 bits per heavy atom. The molecule has 1 aromatic carbocycles. The van der Waals surface area contributed by atoms with Gasteiger partial charge in [-0.1, -0.05) is 6.07 Å². The molecule has 0 saturated carbocycles. The molecule has 0 aliphatic rings. The van der Waals surface area contributed by atoms with Gasteiger partial charge in [-0.05, 0) is 36.6 Å². The van der Waals surface area contributed by atoms with Crippen LogP contribution in [0.4, 0.5) is 5.69 Å².